The number of carbonyl (C=O) groups excluding carboxylic acids is 1. The largest absolute Gasteiger partial charge is 0.480 e. The fraction of sp³-hybridized carbons (Fsp3) is 0.357. The average molecular weight is 307 g/mol. The van der Waals surface area contributed by atoms with Gasteiger partial charge in [-0.15, -0.1) is 0 Å². The van der Waals surface area contributed by atoms with Crippen molar-refractivity contribution >= 4 is 38.6 Å². The maximum Gasteiger partial charge on any atom is 0.317 e. The number of carbonyl (C=O) groups is 2. The highest BCUT2D eigenvalue weighted by Crippen LogP contribution is 2.25. The topological polar surface area (TPSA) is 82.5 Å². The molecule has 1 amide bonds. The van der Waals surface area contributed by atoms with E-state index in [0.717, 1.165) is 10.2 Å². The Kier molecular flexibility index (Phi) is 4.87. The summed E-state index contributed by atoms with van der Waals surface area (Å²) in [6.45, 7) is 3.58. The summed E-state index contributed by atoms with van der Waals surface area (Å²) in [7, 11) is 0. The van der Waals surface area contributed by atoms with Crippen LogP contribution in [0.1, 0.15) is 13.8 Å². The van der Waals surface area contributed by atoms with Gasteiger partial charge in [-0.2, -0.15) is 0 Å². The zero-order chi connectivity index (χ0) is 15.4. The maximum atomic E-state index is 12.0. The third-order valence-corrected chi connectivity index (χ3v) is 3.91. The van der Waals surface area contributed by atoms with Crippen molar-refractivity contribution in [3.63, 3.8) is 0 Å². The van der Waals surface area contributed by atoms with Crippen LogP contribution in [0.3, 0.4) is 0 Å². The van der Waals surface area contributed by atoms with Crippen LogP contribution in [0, 0.1) is 0 Å². The molecule has 0 aliphatic heterocycles. The summed E-state index contributed by atoms with van der Waals surface area (Å²) < 4.78 is 0.999. The SMILES string of the molecule is CC(C)N(CC(=O)O)CC(=O)Nc1nc2ccccc2s1. The van der Waals surface area contributed by atoms with Gasteiger partial charge in [0.1, 0.15) is 0 Å². The number of aromatic nitrogens is 1. The van der Waals surface area contributed by atoms with Gasteiger partial charge < -0.3 is 10.4 Å². The molecule has 0 saturated carbocycles. The van der Waals surface area contributed by atoms with Crippen molar-refractivity contribution in [1.29, 1.82) is 0 Å². The highest BCUT2D eigenvalue weighted by Gasteiger charge is 2.17. The lowest BCUT2D eigenvalue weighted by molar-refractivity contribution is -0.139. The molecule has 0 spiro atoms. The molecule has 0 fully saturated rings. The molecule has 1 aromatic carbocycles. The summed E-state index contributed by atoms with van der Waals surface area (Å²) in [5.74, 6) is -1.21. The van der Waals surface area contributed by atoms with Crippen LogP contribution >= 0.6 is 11.3 Å². The molecule has 0 atom stereocenters. The Hall–Kier alpha value is -1.99. The van der Waals surface area contributed by atoms with Crippen molar-refractivity contribution in [3.05, 3.63) is 24.3 Å². The number of hydrogen-bond donors (Lipinski definition) is 2. The summed E-state index contributed by atoms with van der Waals surface area (Å²) in [6.07, 6.45) is 0. The first-order valence-corrected chi connectivity index (χ1v) is 7.38. The molecule has 112 valence electrons. The quantitative estimate of drug-likeness (QED) is 0.853. The summed E-state index contributed by atoms with van der Waals surface area (Å²) in [4.78, 5) is 28.7. The number of rotatable bonds is 6. The van der Waals surface area contributed by atoms with Gasteiger partial charge in [0.2, 0.25) is 5.91 Å². The number of nitrogens with zero attached hydrogens (tertiary/aromatic N) is 2. The second-order valence-corrected chi connectivity index (χ2v) is 5.96. The molecular formula is C14H17N3O3S. The van der Waals surface area contributed by atoms with Gasteiger partial charge in [0.25, 0.3) is 0 Å². The molecule has 0 aliphatic carbocycles. The predicted molar refractivity (Wildman–Crippen MR) is 82.6 cm³/mol. The Labute approximate surface area is 126 Å². The van der Waals surface area contributed by atoms with Crippen LogP contribution in [0.5, 0.6) is 0 Å². The minimum absolute atomic E-state index is 0.0257. The number of carboxylic acids is 1. The van der Waals surface area contributed by atoms with Crippen LogP contribution in [0.4, 0.5) is 5.13 Å². The zero-order valence-electron chi connectivity index (χ0n) is 11.9. The van der Waals surface area contributed by atoms with Crippen molar-refractivity contribution < 1.29 is 14.7 Å². The summed E-state index contributed by atoms with van der Waals surface area (Å²) in [5, 5.41) is 12.1. The van der Waals surface area contributed by atoms with Crippen molar-refractivity contribution in [3.8, 4) is 0 Å². The van der Waals surface area contributed by atoms with Gasteiger partial charge >= 0.3 is 5.97 Å². The number of nitrogens with one attached hydrogen (secondary N) is 1. The van der Waals surface area contributed by atoms with Crippen LogP contribution in [0.25, 0.3) is 10.2 Å². The second-order valence-electron chi connectivity index (χ2n) is 4.93. The zero-order valence-corrected chi connectivity index (χ0v) is 12.7. The van der Waals surface area contributed by atoms with Gasteiger partial charge in [0.15, 0.2) is 5.13 Å². The van der Waals surface area contributed by atoms with Gasteiger partial charge in [-0.3, -0.25) is 14.5 Å². The van der Waals surface area contributed by atoms with E-state index >= 15 is 0 Å². The van der Waals surface area contributed by atoms with Crippen molar-refractivity contribution in [2.75, 3.05) is 18.4 Å². The number of para-hydroxylation sites is 1. The molecule has 0 unspecified atom stereocenters. The number of carboxylic acid groups (broad SMARTS) is 1. The predicted octanol–water partition coefficient (Wildman–Crippen LogP) is 2.03. The molecule has 2 aromatic rings. The molecule has 21 heavy (non-hydrogen) atoms. The second kappa shape index (κ2) is 6.64. The van der Waals surface area contributed by atoms with Crippen LogP contribution in [-0.2, 0) is 9.59 Å². The van der Waals surface area contributed by atoms with Crippen molar-refractivity contribution in [2.45, 2.75) is 19.9 Å². The fourth-order valence-corrected chi connectivity index (χ4v) is 2.75. The summed E-state index contributed by atoms with van der Waals surface area (Å²) >= 11 is 1.40. The minimum atomic E-state index is -0.948. The van der Waals surface area contributed by atoms with E-state index < -0.39 is 5.97 Å². The summed E-state index contributed by atoms with van der Waals surface area (Å²) in [5.41, 5.74) is 0.837. The Balaban J connectivity index is 2.01. The fourth-order valence-electron chi connectivity index (χ4n) is 1.86. The molecule has 1 aromatic heterocycles. The highest BCUT2D eigenvalue weighted by atomic mass is 32.1. The smallest absolute Gasteiger partial charge is 0.317 e. The van der Waals surface area contributed by atoms with Gasteiger partial charge in [-0.1, -0.05) is 23.5 Å². The number of anilines is 1. The van der Waals surface area contributed by atoms with Crippen molar-refractivity contribution in [1.82, 2.24) is 9.88 Å². The minimum Gasteiger partial charge on any atom is -0.480 e. The molecule has 0 radical (unpaired) electrons. The lowest BCUT2D eigenvalue weighted by Crippen LogP contribution is -2.41. The van der Waals surface area contributed by atoms with Crippen LogP contribution < -0.4 is 5.32 Å². The first-order chi connectivity index (χ1) is 9.95. The van der Waals surface area contributed by atoms with E-state index in [4.69, 9.17) is 5.11 Å². The number of amides is 1. The van der Waals surface area contributed by atoms with E-state index in [2.05, 4.69) is 10.3 Å². The lowest BCUT2D eigenvalue weighted by Gasteiger charge is -2.23. The molecule has 2 rings (SSSR count). The molecule has 6 nitrogen and oxygen atoms in total. The highest BCUT2D eigenvalue weighted by molar-refractivity contribution is 7.22. The van der Waals surface area contributed by atoms with Gasteiger partial charge in [0.05, 0.1) is 23.3 Å². The molecule has 1 heterocycles. The standard InChI is InChI=1S/C14H17N3O3S/c1-9(2)17(8-13(19)20)7-12(18)16-14-15-10-5-3-4-6-11(10)21-14/h3-6,9H,7-8H2,1-2H3,(H,19,20)(H,15,16,18). The Morgan fingerprint density at radius 3 is 2.67 bits per heavy atom. The van der Waals surface area contributed by atoms with Crippen molar-refractivity contribution in [2.24, 2.45) is 0 Å². The number of benzene rings is 1. The lowest BCUT2D eigenvalue weighted by atomic mass is 10.3. The van der Waals surface area contributed by atoms with Crippen LogP contribution in [0.15, 0.2) is 24.3 Å². The monoisotopic (exact) mass is 307 g/mol. The average Bonchev–Trinajstić information content (AvgIpc) is 2.79. The third-order valence-electron chi connectivity index (χ3n) is 2.96. The Bertz CT molecular complexity index is 621. The molecule has 0 bridgehead atoms. The van der Waals surface area contributed by atoms with E-state index in [1.807, 2.05) is 38.1 Å². The van der Waals surface area contributed by atoms with Crippen LogP contribution in [-0.4, -0.2) is 46.0 Å². The summed E-state index contributed by atoms with van der Waals surface area (Å²) in [6, 6.07) is 7.60. The third kappa shape index (κ3) is 4.24. The first kappa shape index (κ1) is 15.4. The van der Waals surface area contributed by atoms with Crippen LogP contribution in [0.2, 0.25) is 0 Å². The number of fused-ring (bicyclic) bond motifs is 1. The maximum absolute atomic E-state index is 12.0. The van der Waals surface area contributed by atoms with Gasteiger partial charge in [0, 0.05) is 6.04 Å². The number of hydrogen-bond acceptors (Lipinski definition) is 5. The van der Waals surface area contributed by atoms with E-state index in [9.17, 15) is 9.59 Å². The van der Waals surface area contributed by atoms with E-state index in [1.54, 1.807) is 4.90 Å². The Morgan fingerprint density at radius 1 is 1.33 bits per heavy atom. The van der Waals surface area contributed by atoms with Gasteiger partial charge in [-0.25, -0.2) is 4.98 Å². The van der Waals surface area contributed by atoms with E-state index in [0.29, 0.717) is 5.13 Å². The molecule has 2 N–H and O–H groups in total. The van der Waals surface area contributed by atoms with E-state index in [-0.39, 0.29) is 25.0 Å². The first-order valence-electron chi connectivity index (χ1n) is 6.57. The number of aliphatic carboxylic acids is 1. The molecular weight excluding hydrogens is 290 g/mol. The molecule has 0 saturated heterocycles. The Morgan fingerprint density at radius 2 is 2.05 bits per heavy atom. The van der Waals surface area contributed by atoms with E-state index in [1.165, 1.54) is 11.3 Å². The molecule has 0 aliphatic rings. The molecule has 7 heteroatoms. The number of thiazole rings is 1. The van der Waals surface area contributed by atoms with Gasteiger partial charge in [-0.05, 0) is 26.0 Å². The normalized spacial score (nSPS) is 11.2.